The van der Waals surface area contributed by atoms with Crippen LogP contribution in [-0.4, -0.2) is 38.1 Å². The van der Waals surface area contributed by atoms with Crippen LogP contribution in [0.25, 0.3) is 0 Å². The van der Waals surface area contributed by atoms with Gasteiger partial charge in [-0.3, -0.25) is 0 Å². The minimum atomic E-state index is -3.03. The molecule has 142 valence electrons. The highest BCUT2D eigenvalue weighted by Crippen LogP contribution is 2.17. The highest BCUT2D eigenvalue weighted by atomic mass is 32.2. The Morgan fingerprint density at radius 1 is 1.19 bits per heavy atom. The summed E-state index contributed by atoms with van der Waals surface area (Å²) in [4.78, 5) is 0. The molecule has 1 saturated heterocycles. The zero-order valence-electron chi connectivity index (χ0n) is 15.1. The van der Waals surface area contributed by atoms with Crippen LogP contribution in [0.5, 0.6) is 5.75 Å². The smallest absolute Gasteiger partial charge is 0.214 e. The van der Waals surface area contributed by atoms with Crippen LogP contribution in [0.4, 0.5) is 0 Å². The number of nitriles is 1. The average Bonchev–Trinajstić information content (AvgIpc) is 3.02. The number of hydrogen-bond acceptors (Lipinski definition) is 5. The molecule has 0 aliphatic carbocycles. The molecule has 1 aliphatic rings. The highest BCUT2D eigenvalue weighted by Gasteiger charge is 2.27. The summed E-state index contributed by atoms with van der Waals surface area (Å²) in [5.74, 6) is 1.01. The van der Waals surface area contributed by atoms with Crippen molar-refractivity contribution in [2.45, 2.75) is 19.6 Å². The summed E-state index contributed by atoms with van der Waals surface area (Å²) in [5.41, 5.74) is 2.54. The molecule has 0 spiro atoms. The maximum Gasteiger partial charge on any atom is 0.214 e. The Morgan fingerprint density at radius 3 is 2.81 bits per heavy atom. The van der Waals surface area contributed by atoms with E-state index >= 15 is 0 Å². The van der Waals surface area contributed by atoms with E-state index in [0.717, 1.165) is 23.3 Å². The molecule has 0 atom stereocenters. The number of ether oxygens (including phenoxy) is 1. The standard InChI is InChI=1S/C20H23N3O3S/c21-14-18-6-1-2-7-19(18)16-26-20-8-3-5-17(13-20)15-22-9-11-23-10-4-12-27(23,24)25/h1-3,5-8,13,22H,4,9-12,15-16H2. The summed E-state index contributed by atoms with van der Waals surface area (Å²) in [6.07, 6.45) is 0.719. The van der Waals surface area contributed by atoms with Crippen molar-refractivity contribution < 1.29 is 13.2 Å². The summed E-state index contributed by atoms with van der Waals surface area (Å²) in [7, 11) is -3.03. The van der Waals surface area contributed by atoms with Crippen molar-refractivity contribution in [1.82, 2.24) is 9.62 Å². The normalized spacial score (nSPS) is 16.1. The predicted octanol–water partition coefficient (Wildman–Crippen LogP) is 2.26. The Kier molecular flexibility index (Phi) is 6.45. The maximum absolute atomic E-state index is 11.8. The molecule has 2 aromatic carbocycles. The number of nitrogens with one attached hydrogen (secondary N) is 1. The van der Waals surface area contributed by atoms with Crippen molar-refractivity contribution in [2.24, 2.45) is 0 Å². The Hall–Kier alpha value is -2.40. The first-order valence-corrected chi connectivity index (χ1v) is 10.6. The van der Waals surface area contributed by atoms with E-state index in [2.05, 4.69) is 11.4 Å². The van der Waals surface area contributed by atoms with Gasteiger partial charge in [-0.15, -0.1) is 0 Å². The molecule has 1 heterocycles. The van der Waals surface area contributed by atoms with Crippen molar-refractivity contribution in [3.8, 4) is 11.8 Å². The molecule has 6 nitrogen and oxygen atoms in total. The van der Waals surface area contributed by atoms with E-state index in [0.29, 0.717) is 38.3 Å². The topological polar surface area (TPSA) is 82.4 Å². The molecule has 2 aromatic rings. The van der Waals surface area contributed by atoms with E-state index in [1.165, 1.54) is 0 Å². The molecular weight excluding hydrogens is 362 g/mol. The van der Waals surface area contributed by atoms with Crippen LogP contribution >= 0.6 is 0 Å². The van der Waals surface area contributed by atoms with Gasteiger partial charge in [-0.25, -0.2) is 12.7 Å². The number of nitrogens with zero attached hydrogens (tertiary/aromatic N) is 2. The van der Waals surface area contributed by atoms with Crippen molar-refractivity contribution in [3.05, 3.63) is 65.2 Å². The molecule has 0 radical (unpaired) electrons. The fourth-order valence-corrected chi connectivity index (χ4v) is 4.57. The van der Waals surface area contributed by atoms with Gasteiger partial charge in [0.15, 0.2) is 0 Å². The van der Waals surface area contributed by atoms with E-state index in [1.807, 2.05) is 42.5 Å². The van der Waals surface area contributed by atoms with Crippen LogP contribution in [0, 0.1) is 11.3 Å². The molecule has 1 aliphatic heterocycles. The molecule has 0 saturated carbocycles. The van der Waals surface area contributed by atoms with Crippen molar-refractivity contribution in [1.29, 1.82) is 5.26 Å². The van der Waals surface area contributed by atoms with Crippen LogP contribution in [0.1, 0.15) is 23.1 Å². The van der Waals surface area contributed by atoms with Crippen LogP contribution in [0.15, 0.2) is 48.5 Å². The fourth-order valence-electron chi connectivity index (χ4n) is 3.04. The predicted molar refractivity (Wildman–Crippen MR) is 104 cm³/mol. The Labute approximate surface area is 160 Å². The quantitative estimate of drug-likeness (QED) is 0.705. The first kappa shape index (κ1) is 19.4. The third-order valence-electron chi connectivity index (χ3n) is 4.50. The monoisotopic (exact) mass is 385 g/mol. The van der Waals surface area contributed by atoms with Crippen LogP contribution in [0.3, 0.4) is 0 Å². The van der Waals surface area contributed by atoms with Crippen molar-refractivity contribution in [3.63, 3.8) is 0 Å². The van der Waals surface area contributed by atoms with Gasteiger partial charge in [-0.2, -0.15) is 5.26 Å². The lowest BCUT2D eigenvalue weighted by Crippen LogP contribution is -2.33. The lowest BCUT2D eigenvalue weighted by molar-refractivity contribution is 0.305. The van der Waals surface area contributed by atoms with Gasteiger partial charge in [0.2, 0.25) is 10.0 Å². The Morgan fingerprint density at radius 2 is 2.04 bits per heavy atom. The van der Waals surface area contributed by atoms with Gasteiger partial charge in [0.05, 0.1) is 17.4 Å². The van der Waals surface area contributed by atoms with E-state index in [1.54, 1.807) is 10.4 Å². The van der Waals surface area contributed by atoms with E-state index in [9.17, 15) is 8.42 Å². The zero-order chi connectivity index (χ0) is 19.1. The lowest BCUT2D eigenvalue weighted by atomic mass is 10.1. The Bertz CT molecular complexity index is 922. The van der Waals surface area contributed by atoms with Gasteiger partial charge >= 0.3 is 0 Å². The number of sulfonamides is 1. The molecule has 0 unspecified atom stereocenters. The Balaban J connectivity index is 1.48. The van der Waals surface area contributed by atoms with Gasteiger partial charge in [-0.05, 0) is 30.2 Å². The number of benzene rings is 2. The second-order valence-corrected chi connectivity index (χ2v) is 8.54. The summed E-state index contributed by atoms with van der Waals surface area (Å²) in [6, 6.07) is 17.3. The molecule has 0 bridgehead atoms. The van der Waals surface area contributed by atoms with E-state index in [-0.39, 0.29) is 5.75 Å². The molecule has 27 heavy (non-hydrogen) atoms. The minimum absolute atomic E-state index is 0.265. The second-order valence-electron chi connectivity index (χ2n) is 6.45. The fraction of sp³-hybridized carbons (Fsp3) is 0.350. The third kappa shape index (κ3) is 5.30. The highest BCUT2D eigenvalue weighted by molar-refractivity contribution is 7.89. The van der Waals surface area contributed by atoms with Gasteiger partial charge in [0.1, 0.15) is 12.4 Å². The molecule has 1 fully saturated rings. The van der Waals surface area contributed by atoms with E-state index in [4.69, 9.17) is 10.00 Å². The number of hydrogen-bond donors (Lipinski definition) is 1. The molecular formula is C20H23N3O3S. The summed E-state index contributed by atoms with van der Waals surface area (Å²) >= 11 is 0. The second kappa shape index (κ2) is 9.00. The van der Waals surface area contributed by atoms with Crippen molar-refractivity contribution >= 4 is 10.0 Å². The van der Waals surface area contributed by atoms with Crippen LogP contribution in [-0.2, 0) is 23.2 Å². The third-order valence-corrected chi connectivity index (χ3v) is 6.46. The van der Waals surface area contributed by atoms with Crippen molar-refractivity contribution in [2.75, 3.05) is 25.4 Å². The largest absolute Gasteiger partial charge is 0.489 e. The molecule has 1 N–H and O–H groups in total. The summed E-state index contributed by atoms with van der Waals surface area (Å²) in [6.45, 7) is 2.72. The lowest BCUT2D eigenvalue weighted by Gasteiger charge is -2.14. The molecule has 0 aromatic heterocycles. The minimum Gasteiger partial charge on any atom is -0.489 e. The summed E-state index contributed by atoms with van der Waals surface area (Å²) < 4.78 is 30.9. The van der Waals surface area contributed by atoms with Gasteiger partial charge in [0, 0.05) is 31.7 Å². The van der Waals surface area contributed by atoms with Gasteiger partial charge in [-0.1, -0.05) is 30.3 Å². The van der Waals surface area contributed by atoms with Crippen LogP contribution < -0.4 is 10.1 Å². The maximum atomic E-state index is 11.8. The first-order chi connectivity index (χ1) is 13.1. The molecule has 0 amide bonds. The summed E-state index contributed by atoms with van der Waals surface area (Å²) in [5, 5.41) is 12.4. The van der Waals surface area contributed by atoms with Crippen LogP contribution in [0.2, 0.25) is 0 Å². The zero-order valence-corrected chi connectivity index (χ0v) is 15.9. The SMILES string of the molecule is N#Cc1ccccc1COc1cccc(CNCCN2CCCS2(=O)=O)c1. The molecule has 3 rings (SSSR count). The first-order valence-electron chi connectivity index (χ1n) is 8.97. The number of rotatable bonds is 8. The molecule has 7 heteroatoms. The van der Waals surface area contributed by atoms with Gasteiger partial charge in [0.25, 0.3) is 0 Å². The average molecular weight is 385 g/mol. The van der Waals surface area contributed by atoms with E-state index < -0.39 is 10.0 Å². The van der Waals surface area contributed by atoms with Gasteiger partial charge < -0.3 is 10.1 Å².